The first-order valence-corrected chi connectivity index (χ1v) is 3.16. The van der Waals surface area contributed by atoms with Crippen LogP contribution in [0.25, 0.3) is 0 Å². The second-order valence-corrected chi connectivity index (χ2v) is 1.76. The van der Waals surface area contributed by atoms with Crippen LogP contribution < -0.4 is 0 Å². The van der Waals surface area contributed by atoms with Gasteiger partial charge < -0.3 is 4.90 Å². The van der Waals surface area contributed by atoms with Gasteiger partial charge in [-0.1, -0.05) is 6.08 Å². The van der Waals surface area contributed by atoms with Gasteiger partial charge in [0.05, 0.1) is 6.34 Å². The molecular formula is C7H14N2. The number of nitrogens with zero attached hydrogens (tertiary/aromatic N) is 2. The van der Waals surface area contributed by atoms with E-state index < -0.39 is 0 Å². The SMILES string of the molecule is C/C=C\N(C)C=NCC. The molecule has 0 aromatic carbocycles. The molecule has 0 fully saturated rings. The lowest BCUT2D eigenvalue weighted by molar-refractivity contribution is 0.704. The molecule has 0 aromatic rings. The topological polar surface area (TPSA) is 15.6 Å². The lowest BCUT2D eigenvalue weighted by Gasteiger charge is -2.03. The second kappa shape index (κ2) is 5.35. The van der Waals surface area contributed by atoms with Crippen molar-refractivity contribution in [2.45, 2.75) is 13.8 Å². The zero-order valence-corrected chi connectivity index (χ0v) is 6.33. The number of rotatable bonds is 3. The molecule has 9 heavy (non-hydrogen) atoms. The van der Waals surface area contributed by atoms with Crippen LogP contribution in [0, 0.1) is 0 Å². The zero-order chi connectivity index (χ0) is 7.11. The Labute approximate surface area is 56.9 Å². The summed E-state index contributed by atoms with van der Waals surface area (Å²) in [7, 11) is 1.96. The van der Waals surface area contributed by atoms with Crippen LogP contribution in [0.1, 0.15) is 13.8 Å². The smallest absolute Gasteiger partial charge is 0.0886 e. The molecule has 0 amide bonds. The van der Waals surface area contributed by atoms with E-state index in [4.69, 9.17) is 0 Å². The van der Waals surface area contributed by atoms with Crippen molar-refractivity contribution < 1.29 is 0 Å². The predicted octanol–water partition coefficient (Wildman–Crippen LogP) is 1.50. The summed E-state index contributed by atoms with van der Waals surface area (Å²) in [6, 6.07) is 0. The molecule has 0 rings (SSSR count). The van der Waals surface area contributed by atoms with Crippen LogP contribution in [0.4, 0.5) is 0 Å². The summed E-state index contributed by atoms with van der Waals surface area (Å²) in [5, 5.41) is 0. The molecule has 0 N–H and O–H groups in total. The maximum Gasteiger partial charge on any atom is 0.0886 e. The van der Waals surface area contributed by atoms with Gasteiger partial charge in [0.2, 0.25) is 0 Å². The van der Waals surface area contributed by atoms with E-state index in [0.717, 1.165) is 6.54 Å². The fraction of sp³-hybridized carbons (Fsp3) is 0.571. The van der Waals surface area contributed by atoms with Crippen LogP contribution in [0.15, 0.2) is 17.3 Å². The van der Waals surface area contributed by atoms with Crippen molar-refractivity contribution in [1.82, 2.24) is 4.90 Å². The van der Waals surface area contributed by atoms with Crippen molar-refractivity contribution in [2.24, 2.45) is 4.99 Å². The molecule has 0 aromatic heterocycles. The van der Waals surface area contributed by atoms with E-state index in [1.54, 1.807) is 6.34 Å². The van der Waals surface area contributed by atoms with Crippen LogP contribution in [0.2, 0.25) is 0 Å². The number of aliphatic imine (C=N–C) groups is 1. The normalized spacial score (nSPS) is 11.4. The molecule has 2 nitrogen and oxygen atoms in total. The van der Waals surface area contributed by atoms with E-state index in [1.807, 2.05) is 38.1 Å². The maximum atomic E-state index is 4.04. The van der Waals surface area contributed by atoms with E-state index in [9.17, 15) is 0 Å². The predicted molar refractivity (Wildman–Crippen MR) is 41.6 cm³/mol. The van der Waals surface area contributed by atoms with Gasteiger partial charge in [-0.3, -0.25) is 4.99 Å². The van der Waals surface area contributed by atoms with E-state index in [1.165, 1.54) is 0 Å². The molecule has 0 saturated heterocycles. The second-order valence-electron chi connectivity index (χ2n) is 1.76. The highest BCUT2D eigenvalue weighted by molar-refractivity contribution is 5.55. The van der Waals surface area contributed by atoms with Gasteiger partial charge in [-0.25, -0.2) is 0 Å². The van der Waals surface area contributed by atoms with Gasteiger partial charge in [-0.2, -0.15) is 0 Å². The van der Waals surface area contributed by atoms with E-state index in [2.05, 4.69) is 4.99 Å². The molecule has 2 heteroatoms. The molecule has 0 aliphatic carbocycles. The first-order chi connectivity index (χ1) is 4.31. The van der Waals surface area contributed by atoms with Crippen molar-refractivity contribution >= 4 is 6.34 Å². The Kier molecular flexibility index (Phi) is 4.88. The minimum Gasteiger partial charge on any atom is -0.343 e. The summed E-state index contributed by atoms with van der Waals surface area (Å²) in [6.45, 7) is 4.85. The Morgan fingerprint density at radius 1 is 1.56 bits per heavy atom. The molecule has 0 unspecified atom stereocenters. The first-order valence-electron chi connectivity index (χ1n) is 3.16. The Hall–Kier alpha value is -0.790. The minimum atomic E-state index is 0.849. The van der Waals surface area contributed by atoms with Crippen LogP contribution >= 0.6 is 0 Å². The summed E-state index contributed by atoms with van der Waals surface area (Å²) in [5.41, 5.74) is 0. The molecule has 0 spiro atoms. The Balaban J connectivity index is 3.48. The molecule has 0 aliphatic rings. The fourth-order valence-corrected chi connectivity index (χ4v) is 0.484. The monoisotopic (exact) mass is 126 g/mol. The molecule has 0 radical (unpaired) electrons. The minimum absolute atomic E-state index is 0.849. The van der Waals surface area contributed by atoms with Crippen LogP contribution in [-0.4, -0.2) is 24.8 Å². The van der Waals surface area contributed by atoms with Crippen LogP contribution in [-0.2, 0) is 0 Å². The third-order valence-electron chi connectivity index (χ3n) is 0.831. The lowest BCUT2D eigenvalue weighted by Crippen LogP contribution is -2.06. The Morgan fingerprint density at radius 3 is 2.67 bits per heavy atom. The molecule has 0 atom stereocenters. The van der Waals surface area contributed by atoms with Crippen molar-refractivity contribution in [3.05, 3.63) is 12.3 Å². The third-order valence-corrected chi connectivity index (χ3v) is 0.831. The van der Waals surface area contributed by atoms with Crippen molar-refractivity contribution in [2.75, 3.05) is 13.6 Å². The highest BCUT2D eigenvalue weighted by Gasteiger charge is 1.76. The molecule has 0 saturated carbocycles. The van der Waals surface area contributed by atoms with Gasteiger partial charge in [0.15, 0.2) is 0 Å². The van der Waals surface area contributed by atoms with Gasteiger partial charge in [0, 0.05) is 19.8 Å². The summed E-state index contributed by atoms with van der Waals surface area (Å²) in [6.07, 6.45) is 5.74. The Bertz CT molecular complexity index is 105. The average Bonchev–Trinajstić information content (AvgIpc) is 1.85. The summed E-state index contributed by atoms with van der Waals surface area (Å²) in [5.74, 6) is 0. The number of hydrogen-bond acceptors (Lipinski definition) is 1. The third kappa shape index (κ3) is 5.07. The van der Waals surface area contributed by atoms with Gasteiger partial charge in [0.25, 0.3) is 0 Å². The van der Waals surface area contributed by atoms with E-state index in [-0.39, 0.29) is 0 Å². The Morgan fingerprint density at radius 2 is 2.22 bits per heavy atom. The quantitative estimate of drug-likeness (QED) is 0.413. The van der Waals surface area contributed by atoms with E-state index in [0.29, 0.717) is 0 Å². The largest absolute Gasteiger partial charge is 0.343 e. The summed E-state index contributed by atoms with van der Waals surface area (Å²) >= 11 is 0. The van der Waals surface area contributed by atoms with Crippen molar-refractivity contribution in [3.8, 4) is 0 Å². The van der Waals surface area contributed by atoms with Gasteiger partial charge in [-0.15, -0.1) is 0 Å². The first kappa shape index (κ1) is 8.21. The molecule has 0 bridgehead atoms. The van der Waals surface area contributed by atoms with Gasteiger partial charge >= 0.3 is 0 Å². The fourth-order valence-electron chi connectivity index (χ4n) is 0.484. The van der Waals surface area contributed by atoms with E-state index >= 15 is 0 Å². The highest BCUT2D eigenvalue weighted by atomic mass is 15.1. The maximum absolute atomic E-state index is 4.04. The van der Waals surface area contributed by atoms with Gasteiger partial charge in [0.1, 0.15) is 0 Å². The van der Waals surface area contributed by atoms with Crippen LogP contribution in [0.3, 0.4) is 0 Å². The molecule has 52 valence electrons. The molecular weight excluding hydrogens is 112 g/mol. The number of hydrogen-bond donors (Lipinski definition) is 0. The van der Waals surface area contributed by atoms with Crippen molar-refractivity contribution in [3.63, 3.8) is 0 Å². The highest BCUT2D eigenvalue weighted by Crippen LogP contribution is 1.77. The summed E-state index contributed by atoms with van der Waals surface area (Å²) in [4.78, 5) is 5.96. The standard InChI is InChI=1S/C7H14N2/c1-4-6-9(3)7-8-5-2/h4,6-7H,5H2,1-3H3/b6-4-,8-7?. The average molecular weight is 126 g/mol. The summed E-state index contributed by atoms with van der Waals surface area (Å²) < 4.78 is 0. The van der Waals surface area contributed by atoms with Crippen LogP contribution in [0.5, 0.6) is 0 Å². The number of allylic oxidation sites excluding steroid dienone is 1. The van der Waals surface area contributed by atoms with Gasteiger partial charge in [-0.05, 0) is 13.8 Å². The lowest BCUT2D eigenvalue weighted by atomic mass is 10.6. The molecule has 0 aliphatic heterocycles. The van der Waals surface area contributed by atoms with Crippen molar-refractivity contribution in [1.29, 1.82) is 0 Å². The zero-order valence-electron chi connectivity index (χ0n) is 6.33. The molecule has 0 heterocycles.